The molecule has 1 unspecified atom stereocenters. The zero-order chi connectivity index (χ0) is 9.56. The number of esters is 1. The maximum atomic E-state index is 10.8. The average molecular weight is 169 g/mol. The quantitative estimate of drug-likeness (QED) is 0.352. The largest absolute Gasteiger partial charge is 0.459 e. The summed E-state index contributed by atoms with van der Waals surface area (Å²) in [7, 11) is 1.51. The van der Waals surface area contributed by atoms with Crippen molar-refractivity contribution in [1.82, 2.24) is 0 Å². The lowest BCUT2D eigenvalue weighted by Gasteiger charge is -2.08. The first-order valence-electron chi connectivity index (χ1n) is 3.40. The lowest BCUT2D eigenvalue weighted by Crippen LogP contribution is -2.17. The van der Waals surface area contributed by atoms with Crippen molar-refractivity contribution >= 4 is 5.97 Å². The van der Waals surface area contributed by atoms with Gasteiger partial charge in [-0.05, 0) is 6.92 Å². The summed E-state index contributed by atoms with van der Waals surface area (Å²) in [5.74, 6) is -0.693. The fourth-order valence-electron chi connectivity index (χ4n) is 0.394. The second-order valence-corrected chi connectivity index (χ2v) is 2.24. The maximum absolute atomic E-state index is 10.8. The van der Waals surface area contributed by atoms with Crippen molar-refractivity contribution in [1.29, 1.82) is 5.26 Å². The standard InChI is InChI=1S/C8H11NO3/c1-6(4-9)8(10)12-5-7(2)11-3/h7H,1,5H2,2-3H3. The number of methoxy groups -OCH3 is 1. The summed E-state index contributed by atoms with van der Waals surface area (Å²) in [6.07, 6.45) is -0.166. The maximum Gasteiger partial charge on any atom is 0.348 e. The number of hydrogen-bond donors (Lipinski definition) is 0. The SMILES string of the molecule is C=C(C#N)C(=O)OCC(C)OC. The zero-order valence-corrected chi connectivity index (χ0v) is 7.16. The van der Waals surface area contributed by atoms with Crippen LogP contribution in [0.2, 0.25) is 0 Å². The van der Waals surface area contributed by atoms with E-state index in [0.717, 1.165) is 0 Å². The van der Waals surface area contributed by atoms with Crippen molar-refractivity contribution < 1.29 is 14.3 Å². The highest BCUT2D eigenvalue weighted by molar-refractivity contribution is 5.91. The van der Waals surface area contributed by atoms with Gasteiger partial charge in [-0.25, -0.2) is 4.79 Å². The van der Waals surface area contributed by atoms with Gasteiger partial charge in [0.2, 0.25) is 0 Å². The van der Waals surface area contributed by atoms with E-state index in [1.54, 1.807) is 13.0 Å². The van der Waals surface area contributed by atoms with Gasteiger partial charge in [0.15, 0.2) is 0 Å². The van der Waals surface area contributed by atoms with Crippen molar-refractivity contribution in [3.8, 4) is 6.07 Å². The van der Waals surface area contributed by atoms with Crippen LogP contribution in [0.1, 0.15) is 6.92 Å². The molecule has 66 valence electrons. The molecule has 0 saturated heterocycles. The minimum absolute atomic E-state index is 0.135. The van der Waals surface area contributed by atoms with Gasteiger partial charge in [0.05, 0.1) is 6.10 Å². The van der Waals surface area contributed by atoms with Gasteiger partial charge in [-0.2, -0.15) is 5.26 Å². The molecule has 0 aliphatic heterocycles. The van der Waals surface area contributed by atoms with E-state index in [-0.39, 0.29) is 18.3 Å². The second kappa shape index (κ2) is 5.33. The van der Waals surface area contributed by atoms with Crippen LogP contribution in [0.15, 0.2) is 12.2 Å². The van der Waals surface area contributed by atoms with Gasteiger partial charge < -0.3 is 9.47 Å². The lowest BCUT2D eigenvalue weighted by atomic mass is 10.3. The van der Waals surface area contributed by atoms with Crippen molar-refractivity contribution in [3.05, 3.63) is 12.2 Å². The molecule has 0 fully saturated rings. The molecule has 1 atom stereocenters. The number of carbonyl (C=O) groups excluding carboxylic acids is 1. The van der Waals surface area contributed by atoms with Gasteiger partial charge in [-0.1, -0.05) is 6.58 Å². The van der Waals surface area contributed by atoms with Crippen LogP contribution in [0.5, 0.6) is 0 Å². The van der Waals surface area contributed by atoms with Gasteiger partial charge in [-0.15, -0.1) is 0 Å². The van der Waals surface area contributed by atoms with E-state index < -0.39 is 5.97 Å². The van der Waals surface area contributed by atoms with Crippen molar-refractivity contribution in [2.75, 3.05) is 13.7 Å². The highest BCUT2D eigenvalue weighted by Crippen LogP contribution is 1.95. The molecule has 0 radical (unpaired) electrons. The van der Waals surface area contributed by atoms with Gasteiger partial charge in [-0.3, -0.25) is 0 Å². The van der Waals surface area contributed by atoms with Crippen molar-refractivity contribution in [2.45, 2.75) is 13.0 Å². The number of ether oxygens (including phenoxy) is 2. The topological polar surface area (TPSA) is 59.3 Å². The molecule has 12 heavy (non-hydrogen) atoms. The molecule has 0 aromatic carbocycles. The van der Waals surface area contributed by atoms with E-state index in [0.29, 0.717) is 0 Å². The Kier molecular flexibility index (Phi) is 4.73. The average Bonchev–Trinajstić information content (AvgIpc) is 2.11. The summed E-state index contributed by atoms with van der Waals surface area (Å²) in [4.78, 5) is 10.8. The molecule has 0 heterocycles. The Labute approximate surface area is 71.4 Å². The molecule has 4 nitrogen and oxygen atoms in total. The molecule has 0 aromatic heterocycles. The molecule has 4 heteroatoms. The highest BCUT2D eigenvalue weighted by atomic mass is 16.6. The highest BCUT2D eigenvalue weighted by Gasteiger charge is 2.09. The van der Waals surface area contributed by atoms with E-state index in [1.807, 2.05) is 0 Å². The van der Waals surface area contributed by atoms with Crippen molar-refractivity contribution in [3.63, 3.8) is 0 Å². The summed E-state index contributed by atoms with van der Waals surface area (Å²) in [6, 6.07) is 1.60. The van der Waals surface area contributed by atoms with Crippen LogP contribution in [-0.2, 0) is 14.3 Å². The predicted octanol–water partition coefficient (Wildman–Crippen LogP) is 0.644. The Bertz CT molecular complexity index is 217. The van der Waals surface area contributed by atoms with Gasteiger partial charge in [0, 0.05) is 7.11 Å². The van der Waals surface area contributed by atoms with Crippen LogP contribution in [0.25, 0.3) is 0 Å². The molecule has 0 spiro atoms. The van der Waals surface area contributed by atoms with Crippen LogP contribution in [0.4, 0.5) is 0 Å². The normalized spacial score (nSPS) is 11.4. The fourth-order valence-corrected chi connectivity index (χ4v) is 0.394. The molecule has 0 aliphatic carbocycles. The van der Waals surface area contributed by atoms with Crippen molar-refractivity contribution in [2.24, 2.45) is 0 Å². The Morgan fingerprint density at radius 3 is 2.75 bits per heavy atom. The Balaban J connectivity index is 3.74. The predicted molar refractivity (Wildman–Crippen MR) is 42.2 cm³/mol. The zero-order valence-electron chi connectivity index (χ0n) is 7.16. The van der Waals surface area contributed by atoms with Crippen LogP contribution in [-0.4, -0.2) is 25.8 Å². The first kappa shape index (κ1) is 10.7. The number of carbonyl (C=O) groups is 1. The molecule has 0 amide bonds. The molecule has 0 bridgehead atoms. The van der Waals surface area contributed by atoms with E-state index in [1.165, 1.54) is 7.11 Å². The van der Waals surface area contributed by atoms with Gasteiger partial charge in [0.1, 0.15) is 18.2 Å². The molecule has 0 aromatic rings. The molecule has 0 rings (SSSR count). The fraction of sp³-hybridized carbons (Fsp3) is 0.500. The molecule has 0 saturated carbocycles. The number of nitrogens with zero attached hydrogens (tertiary/aromatic N) is 1. The number of nitriles is 1. The first-order valence-corrected chi connectivity index (χ1v) is 3.40. The summed E-state index contributed by atoms with van der Waals surface area (Å²) in [5, 5.41) is 8.25. The third-order valence-electron chi connectivity index (χ3n) is 1.23. The van der Waals surface area contributed by atoms with Gasteiger partial charge >= 0.3 is 5.97 Å². The van der Waals surface area contributed by atoms with E-state index in [2.05, 4.69) is 11.3 Å². The number of rotatable bonds is 4. The number of hydrogen-bond acceptors (Lipinski definition) is 4. The van der Waals surface area contributed by atoms with Crippen LogP contribution in [0.3, 0.4) is 0 Å². The minimum Gasteiger partial charge on any atom is -0.459 e. The first-order chi connectivity index (χ1) is 5.61. The lowest BCUT2D eigenvalue weighted by molar-refractivity contribution is -0.141. The summed E-state index contributed by atoms with van der Waals surface area (Å²) < 4.78 is 9.49. The second-order valence-electron chi connectivity index (χ2n) is 2.24. The molecule has 0 aliphatic rings. The van der Waals surface area contributed by atoms with Gasteiger partial charge in [0.25, 0.3) is 0 Å². The monoisotopic (exact) mass is 169 g/mol. The smallest absolute Gasteiger partial charge is 0.348 e. The third-order valence-corrected chi connectivity index (χ3v) is 1.23. The molecular weight excluding hydrogens is 158 g/mol. The Morgan fingerprint density at radius 1 is 1.75 bits per heavy atom. The van der Waals surface area contributed by atoms with E-state index in [9.17, 15) is 4.79 Å². The third kappa shape index (κ3) is 3.74. The van der Waals surface area contributed by atoms with E-state index in [4.69, 9.17) is 10.00 Å². The summed E-state index contributed by atoms with van der Waals surface area (Å²) in [6.45, 7) is 5.09. The van der Waals surface area contributed by atoms with Crippen LogP contribution >= 0.6 is 0 Å². The molecular formula is C8H11NO3. The summed E-state index contributed by atoms with van der Waals surface area (Å²) >= 11 is 0. The Morgan fingerprint density at radius 2 is 2.33 bits per heavy atom. The van der Waals surface area contributed by atoms with Crippen LogP contribution in [0, 0.1) is 11.3 Å². The minimum atomic E-state index is -0.693. The molecule has 0 N–H and O–H groups in total. The van der Waals surface area contributed by atoms with E-state index >= 15 is 0 Å². The summed E-state index contributed by atoms with van der Waals surface area (Å²) in [5.41, 5.74) is -0.196. The Hall–Kier alpha value is -1.34. The van der Waals surface area contributed by atoms with Crippen LogP contribution < -0.4 is 0 Å².